The van der Waals surface area contributed by atoms with Crippen LogP contribution in [0.3, 0.4) is 0 Å². The van der Waals surface area contributed by atoms with E-state index in [1.54, 1.807) is 0 Å². The van der Waals surface area contributed by atoms with Crippen molar-refractivity contribution in [3.8, 4) is 0 Å². The summed E-state index contributed by atoms with van der Waals surface area (Å²) in [5, 5.41) is 12.0. The molecule has 4 rings (SSSR count). The first-order valence-corrected chi connectivity index (χ1v) is 12.3. The van der Waals surface area contributed by atoms with Gasteiger partial charge in [0.25, 0.3) is 5.91 Å². The van der Waals surface area contributed by atoms with Crippen LogP contribution in [0, 0.1) is 6.92 Å². The normalized spacial score (nSPS) is 14.8. The van der Waals surface area contributed by atoms with E-state index in [2.05, 4.69) is 68.0 Å². The van der Waals surface area contributed by atoms with Gasteiger partial charge in [0.1, 0.15) is 5.82 Å². The van der Waals surface area contributed by atoms with Gasteiger partial charge in [-0.15, -0.1) is 10.2 Å². The zero-order valence-electron chi connectivity index (χ0n) is 20.8. The number of anilines is 1. The number of fused-ring (bicyclic) bond motifs is 1. The number of hydrogen-bond donors (Lipinski definition) is 1. The highest BCUT2D eigenvalue weighted by Crippen LogP contribution is 2.19. The number of aromatic nitrogens is 3. The summed E-state index contributed by atoms with van der Waals surface area (Å²) in [6, 6.07) is 16.4. The Morgan fingerprint density at radius 3 is 2.47 bits per heavy atom. The van der Waals surface area contributed by atoms with Crippen molar-refractivity contribution in [2.24, 2.45) is 0 Å². The minimum absolute atomic E-state index is 0.0774. The molecule has 0 fully saturated rings. The molecule has 0 saturated carbocycles. The van der Waals surface area contributed by atoms with E-state index in [0.29, 0.717) is 5.56 Å². The molecule has 1 unspecified atom stereocenters. The average molecular weight is 461 g/mol. The molecule has 180 valence electrons. The van der Waals surface area contributed by atoms with Crippen LogP contribution in [0.4, 0.5) is 5.69 Å². The number of amides is 1. The Balaban J connectivity index is 1.38. The number of nitrogens with one attached hydrogen (secondary N) is 1. The summed E-state index contributed by atoms with van der Waals surface area (Å²) in [6.45, 7) is 14.0. The number of carbonyl (C=O) groups is 1. The van der Waals surface area contributed by atoms with Crippen LogP contribution in [-0.4, -0.2) is 51.8 Å². The lowest BCUT2D eigenvalue weighted by Gasteiger charge is -2.23. The van der Waals surface area contributed by atoms with Crippen molar-refractivity contribution in [3.63, 3.8) is 0 Å². The fourth-order valence-electron chi connectivity index (χ4n) is 4.69. The largest absolute Gasteiger partial charge is 0.372 e. The smallest absolute Gasteiger partial charge is 0.252 e. The predicted octanol–water partition coefficient (Wildman–Crippen LogP) is 3.98. The summed E-state index contributed by atoms with van der Waals surface area (Å²) in [4.78, 5) is 17.6. The molecule has 0 saturated heterocycles. The molecule has 1 aliphatic heterocycles. The fraction of sp³-hybridized carbons (Fsp3) is 0.444. The quantitative estimate of drug-likeness (QED) is 0.551. The molecule has 1 atom stereocenters. The van der Waals surface area contributed by atoms with Crippen LogP contribution in [0.15, 0.2) is 48.5 Å². The van der Waals surface area contributed by atoms with Gasteiger partial charge in [-0.2, -0.15) is 0 Å². The lowest BCUT2D eigenvalue weighted by atomic mass is 10.1. The van der Waals surface area contributed by atoms with Crippen molar-refractivity contribution in [1.82, 2.24) is 25.0 Å². The van der Waals surface area contributed by atoms with E-state index < -0.39 is 0 Å². The molecule has 1 N–H and O–H groups in total. The van der Waals surface area contributed by atoms with E-state index in [-0.39, 0.29) is 11.9 Å². The van der Waals surface area contributed by atoms with Crippen LogP contribution in [0.25, 0.3) is 0 Å². The van der Waals surface area contributed by atoms with E-state index >= 15 is 0 Å². The molecule has 3 aromatic rings. The molecule has 1 aromatic heterocycles. The predicted molar refractivity (Wildman–Crippen MR) is 136 cm³/mol. The molecule has 34 heavy (non-hydrogen) atoms. The molecule has 0 bridgehead atoms. The van der Waals surface area contributed by atoms with E-state index in [1.165, 1.54) is 11.3 Å². The second kappa shape index (κ2) is 10.8. The van der Waals surface area contributed by atoms with Gasteiger partial charge < -0.3 is 14.8 Å². The van der Waals surface area contributed by atoms with Crippen molar-refractivity contribution in [2.45, 2.75) is 53.2 Å². The number of nitrogens with zero attached hydrogens (tertiary/aromatic N) is 5. The Hall–Kier alpha value is -3.19. The molecule has 2 aromatic carbocycles. The van der Waals surface area contributed by atoms with Gasteiger partial charge in [-0.25, -0.2) is 0 Å². The second-order valence-corrected chi connectivity index (χ2v) is 9.00. The fourth-order valence-corrected chi connectivity index (χ4v) is 4.69. The van der Waals surface area contributed by atoms with E-state index in [1.807, 2.05) is 38.1 Å². The van der Waals surface area contributed by atoms with Crippen LogP contribution in [-0.2, 0) is 19.5 Å². The maximum absolute atomic E-state index is 12.8. The molecule has 0 spiro atoms. The zero-order valence-corrected chi connectivity index (χ0v) is 20.8. The zero-order chi connectivity index (χ0) is 24.1. The number of hydrogen-bond acceptors (Lipinski definition) is 5. The van der Waals surface area contributed by atoms with Crippen LogP contribution in [0.5, 0.6) is 0 Å². The summed E-state index contributed by atoms with van der Waals surface area (Å²) in [6.07, 6.45) is 0.850. The highest BCUT2D eigenvalue weighted by molar-refractivity contribution is 5.95. The van der Waals surface area contributed by atoms with E-state index in [0.717, 1.165) is 62.9 Å². The molecule has 7 heteroatoms. The van der Waals surface area contributed by atoms with Crippen LogP contribution in [0.2, 0.25) is 0 Å². The van der Waals surface area contributed by atoms with Gasteiger partial charge in [-0.3, -0.25) is 9.69 Å². The van der Waals surface area contributed by atoms with Gasteiger partial charge in [0.15, 0.2) is 5.82 Å². The highest BCUT2D eigenvalue weighted by Gasteiger charge is 2.23. The lowest BCUT2D eigenvalue weighted by Crippen LogP contribution is -2.30. The molecular formula is C27H36N6O. The minimum Gasteiger partial charge on any atom is -0.372 e. The van der Waals surface area contributed by atoms with Crippen LogP contribution >= 0.6 is 0 Å². The van der Waals surface area contributed by atoms with E-state index in [4.69, 9.17) is 0 Å². The van der Waals surface area contributed by atoms with Crippen molar-refractivity contribution >= 4 is 11.6 Å². The van der Waals surface area contributed by atoms with Gasteiger partial charge in [0.2, 0.25) is 0 Å². The van der Waals surface area contributed by atoms with Crippen molar-refractivity contribution in [1.29, 1.82) is 0 Å². The number of rotatable bonds is 8. The number of carbonyl (C=O) groups excluding carboxylic acids is 1. The Morgan fingerprint density at radius 2 is 1.76 bits per heavy atom. The molecule has 1 amide bonds. The minimum atomic E-state index is -0.215. The average Bonchev–Trinajstić information content (AvgIpc) is 3.15. The monoisotopic (exact) mass is 460 g/mol. The highest BCUT2D eigenvalue weighted by atomic mass is 16.1. The van der Waals surface area contributed by atoms with Crippen molar-refractivity contribution in [3.05, 3.63) is 76.9 Å². The summed E-state index contributed by atoms with van der Waals surface area (Å²) in [5.74, 6) is 1.74. The second-order valence-electron chi connectivity index (χ2n) is 9.00. The lowest BCUT2D eigenvalue weighted by molar-refractivity contribution is 0.0937. The van der Waals surface area contributed by atoms with Gasteiger partial charge in [0.05, 0.1) is 6.04 Å². The molecule has 1 aliphatic rings. The Morgan fingerprint density at radius 1 is 1.03 bits per heavy atom. The third kappa shape index (κ3) is 5.30. The maximum Gasteiger partial charge on any atom is 0.252 e. The molecule has 0 radical (unpaired) electrons. The van der Waals surface area contributed by atoms with E-state index in [9.17, 15) is 4.79 Å². The molecular weight excluding hydrogens is 424 g/mol. The molecule has 7 nitrogen and oxygen atoms in total. The first kappa shape index (κ1) is 24.0. The van der Waals surface area contributed by atoms with Gasteiger partial charge >= 0.3 is 0 Å². The SMILES string of the molecule is CCN(CC)c1ccc(CN2CCc3nnc(C(C)NC(=O)c4ccccc4C)n3CC2)cc1. The van der Waals surface area contributed by atoms with Crippen LogP contribution in [0.1, 0.15) is 59.9 Å². The number of aryl methyl sites for hydroxylation is 1. The summed E-state index contributed by atoms with van der Waals surface area (Å²) < 4.78 is 2.19. The summed E-state index contributed by atoms with van der Waals surface area (Å²) in [7, 11) is 0. The first-order valence-electron chi connectivity index (χ1n) is 12.3. The molecule has 0 aliphatic carbocycles. The first-order chi connectivity index (χ1) is 16.5. The third-order valence-electron chi connectivity index (χ3n) is 6.74. The Labute approximate surface area is 202 Å². The Kier molecular flexibility index (Phi) is 7.63. The van der Waals surface area contributed by atoms with Gasteiger partial charge in [-0.05, 0) is 57.0 Å². The standard InChI is InChI=1S/C27H36N6O/c1-5-32(6-2)23-13-11-22(12-14-23)19-31-16-15-25-29-30-26(33(25)18-17-31)21(4)28-27(34)24-10-8-7-9-20(24)3/h7-14,21H,5-6,15-19H2,1-4H3,(H,28,34). The topological polar surface area (TPSA) is 66.3 Å². The van der Waals surface area contributed by atoms with Crippen molar-refractivity contribution < 1.29 is 4.79 Å². The number of benzene rings is 2. The Bertz CT molecular complexity index is 1100. The van der Waals surface area contributed by atoms with Crippen LogP contribution < -0.4 is 10.2 Å². The summed E-state index contributed by atoms with van der Waals surface area (Å²) >= 11 is 0. The van der Waals surface area contributed by atoms with Gasteiger partial charge in [-0.1, -0.05) is 30.3 Å². The molecule has 2 heterocycles. The van der Waals surface area contributed by atoms with Crippen molar-refractivity contribution in [2.75, 3.05) is 31.1 Å². The van der Waals surface area contributed by atoms with Gasteiger partial charge in [0, 0.05) is 56.9 Å². The summed E-state index contributed by atoms with van der Waals surface area (Å²) in [5.41, 5.74) is 4.27. The maximum atomic E-state index is 12.8. The third-order valence-corrected chi connectivity index (χ3v) is 6.74.